The highest BCUT2D eigenvalue weighted by Crippen LogP contribution is 2.30. The van der Waals surface area contributed by atoms with E-state index in [9.17, 15) is 4.79 Å². The largest absolute Gasteiger partial charge is 0.497 e. The number of carbonyl (C=O) groups excluding carboxylic acids is 1. The van der Waals surface area contributed by atoms with Gasteiger partial charge in [0.15, 0.2) is 5.17 Å². The van der Waals surface area contributed by atoms with E-state index in [0.29, 0.717) is 18.1 Å². The third kappa shape index (κ3) is 3.28. The first-order chi connectivity index (χ1) is 10.3. The van der Waals surface area contributed by atoms with Crippen molar-refractivity contribution in [2.75, 3.05) is 33.4 Å². The van der Waals surface area contributed by atoms with Gasteiger partial charge >= 0.3 is 0 Å². The zero-order chi connectivity index (χ0) is 14.7. The normalized spacial score (nSPS) is 20.8. The fraction of sp³-hybridized carbons (Fsp3) is 0.333. The van der Waals surface area contributed by atoms with Gasteiger partial charge in [-0.25, -0.2) is 0 Å². The van der Waals surface area contributed by atoms with Gasteiger partial charge in [-0.15, -0.1) is 0 Å². The standard InChI is InChI=1S/C15H16N2O3S/c1-19-12-4-2-11(3-5-12)10-13-14(18)16-15(21-13)17-6-8-20-9-7-17/h2-5,10H,6-9H2,1H3/b13-10+. The molecule has 0 atom stereocenters. The summed E-state index contributed by atoms with van der Waals surface area (Å²) in [6.07, 6.45) is 1.86. The van der Waals surface area contributed by atoms with Crippen molar-refractivity contribution in [3.8, 4) is 5.75 Å². The summed E-state index contributed by atoms with van der Waals surface area (Å²) in [7, 11) is 1.63. The molecule has 0 unspecified atom stereocenters. The predicted molar refractivity (Wildman–Crippen MR) is 83.4 cm³/mol. The van der Waals surface area contributed by atoms with E-state index in [1.54, 1.807) is 7.11 Å². The van der Waals surface area contributed by atoms with Crippen molar-refractivity contribution in [1.29, 1.82) is 0 Å². The summed E-state index contributed by atoms with van der Waals surface area (Å²) in [4.78, 5) is 18.9. The van der Waals surface area contributed by atoms with E-state index in [4.69, 9.17) is 9.47 Å². The van der Waals surface area contributed by atoms with Crippen LogP contribution in [0.2, 0.25) is 0 Å². The fourth-order valence-corrected chi connectivity index (χ4v) is 3.10. The van der Waals surface area contributed by atoms with Gasteiger partial charge in [-0.3, -0.25) is 4.79 Å². The van der Waals surface area contributed by atoms with Crippen molar-refractivity contribution in [2.24, 2.45) is 4.99 Å². The maximum atomic E-state index is 12.0. The molecule has 0 spiro atoms. The van der Waals surface area contributed by atoms with Gasteiger partial charge in [-0.1, -0.05) is 12.1 Å². The van der Waals surface area contributed by atoms with Gasteiger partial charge in [0.25, 0.3) is 5.91 Å². The van der Waals surface area contributed by atoms with Crippen LogP contribution >= 0.6 is 11.8 Å². The van der Waals surface area contributed by atoms with Crippen LogP contribution in [0.25, 0.3) is 6.08 Å². The molecule has 0 aromatic heterocycles. The Bertz CT molecular complexity index is 589. The van der Waals surface area contributed by atoms with Crippen molar-refractivity contribution in [3.05, 3.63) is 34.7 Å². The highest BCUT2D eigenvalue weighted by molar-refractivity contribution is 8.18. The molecule has 1 fully saturated rings. The zero-order valence-electron chi connectivity index (χ0n) is 11.7. The number of rotatable bonds is 2. The number of nitrogens with zero attached hydrogens (tertiary/aromatic N) is 2. The van der Waals surface area contributed by atoms with Crippen molar-refractivity contribution < 1.29 is 14.3 Å². The number of amidine groups is 1. The van der Waals surface area contributed by atoms with Crippen LogP contribution in [-0.2, 0) is 9.53 Å². The summed E-state index contributed by atoms with van der Waals surface area (Å²) < 4.78 is 10.4. The number of methoxy groups -OCH3 is 1. The van der Waals surface area contributed by atoms with E-state index in [-0.39, 0.29) is 5.91 Å². The average molecular weight is 304 g/mol. The monoisotopic (exact) mass is 304 g/mol. The second-order valence-corrected chi connectivity index (χ2v) is 5.69. The molecule has 2 heterocycles. The van der Waals surface area contributed by atoms with Crippen LogP contribution in [0.5, 0.6) is 5.75 Å². The van der Waals surface area contributed by atoms with Gasteiger partial charge in [-0.05, 0) is 35.5 Å². The number of morpholine rings is 1. The number of carbonyl (C=O) groups is 1. The van der Waals surface area contributed by atoms with Crippen LogP contribution in [0.3, 0.4) is 0 Å². The molecule has 0 bridgehead atoms. The Morgan fingerprint density at radius 2 is 2.00 bits per heavy atom. The van der Waals surface area contributed by atoms with Gasteiger partial charge < -0.3 is 14.4 Å². The van der Waals surface area contributed by atoms with E-state index in [1.165, 1.54) is 11.8 Å². The summed E-state index contributed by atoms with van der Waals surface area (Å²) >= 11 is 1.43. The van der Waals surface area contributed by atoms with E-state index >= 15 is 0 Å². The van der Waals surface area contributed by atoms with Crippen molar-refractivity contribution in [3.63, 3.8) is 0 Å². The molecule has 0 saturated carbocycles. The number of hydrogen-bond acceptors (Lipinski definition) is 5. The smallest absolute Gasteiger partial charge is 0.286 e. The topological polar surface area (TPSA) is 51.1 Å². The first kappa shape index (κ1) is 14.2. The second kappa shape index (κ2) is 6.32. The first-order valence-corrected chi connectivity index (χ1v) is 7.57. The van der Waals surface area contributed by atoms with E-state index in [1.807, 2.05) is 30.3 Å². The quantitative estimate of drug-likeness (QED) is 0.782. The van der Waals surface area contributed by atoms with Crippen LogP contribution < -0.4 is 4.74 Å². The fourth-order valence-electron chi connectivity index (χ4n) is 2.14. The molecule has 2 aliphatic heterocycles. The van der Waals surface area contributed by atoms with Crippen LogP contribution in [0.1, 0.15) is 5.56 Å². The van der Waals surface area contributed by atoms with E-state index in [2.05, 4.69) is 9.89 Å². The van der Waals surface area contributed by atoms with E-state index in [0.717, 1.165) is 29.6 Å². The molecular weight excluding hydrogens is 288 g/mol. The molecule has 1 aromatic rings. The maximum absolute atomic E-state index is 12.0. The Hall–Kier alpha value is -1.79. The Morgan fingerprint density at radius 3 is 2.67 bits per heavy atom. The molecule has 1 aromatic carbocycles. The Labute approximate surface area is 127 Å². The molecule has 21 heavy (non-hydrogen) atoms. The van der Waals surface area contributed by atoms with Crippen molar-refractivity contribution in [2.45, 2.75) is 0 Å². The molecule has 3 rings (SSSR count). The van der Waals surface area contributed by atoms with Crippen molar-refractivity contribution in [1.82, 2.24) is 4.90 Å². The lowest BCUT2D eigenvalue weighted by Crippen LogP contribution is -2.38. The molecular formula is C15H16N2O3S. The lowest BCUT2D eigenvalue weighted by molar-refractivity contribution is -0.113. The van der Waals surface area contributed by atoms with Crippen LogP contribution in [0, 0.1) is 0 Å². The summed E-state index contributed by atoms with van der Waals surface area (Å²) in [6.45, 7) is 2.94. The summed E-state index contributed by atoms with van der Waals surface area (Å²) in [5.41, 5.74) is 0.963. The minimum absolute atomic E-state index is 0.169. The van der Waals surface area contributed by atoms with Gasteiger partial charge in [0, 0.05) is 13.1 Å². The lowest BCUT2D eigenvalue weighted by atomic mass is 10.2. The highest BCUT2D eigenvalue weighted by atomic mass is 32.2. The van der Waals surface area contributed by atoms with Gasteiger partial charge in [0.1, 0.15) is 5.75 Å². The second-order valence-electron chi connectivity index (χ2n) is 4.68. The predicted octanol–water partition coefficient (Wildman–Crippen LogP) is 2.00. The molecule has 5 nitrogen and oxygen atoms in total. The number of thioether (sulfide) groups is 1. The minimum atomic E-state index is -0.169. The third-order valence-electron chi connectivity index (χ3n) is 3.30. The third-order valence-corrected chi connectivity index (χ3v) is 4.35. The van der Waals surface area contributed by atoms with Crippen LogP contribution in [0.15, 0.2) is 34.2 Å². The minimum Gasteiger partial charge on any atom is -0.497 e. The maximum Gasteiger partial charge on any atom is 0.286 e. The molecule has 0 aliphatic carbocycles. The van der Waals surface area contributed by atoms with E-state index < -0.39 is 0 Å². The summed E-state index contributed by atoms with van der Waals surface area (Å²) in [5.74, 6) is 0.630. The number of amides is 1. The molecule has 110 valence electrons. The first-order valence-electron chi connectivity index (χ1n) is 6.75. The number of benzene rings is 1. The Morgan fingerprint density at radius 1 is 1.29 bits per heavy atom. The highest BCUT2D eigenvalue weighted by Gasteiger charge is 2.26. The average Bonchev–Trinajstić information content (AvgIpc) is 2.90. The van der Waals surface area contributed by atoms with Gasteiger partial charge in [0.2, 0.25) is 0 Å². The van der Waals surface area contributed by atoms with Gasteiger partial charge in [-0.2, -0.15) is 4.99 Å². The SMILES string of the molecule is COc1ccc(/C=C2/SC(N3CCOCC3)=NC2=O)cc1. The molecule has 1 saturated heterocycles. The van der Waals surface area contributed by atoms with Crippen LogP contribution in [0.4, 0.5) is 0 Å². The van der Waals surface area contributed by atoms with Crippen LogP contribution in [-0.4, -0.2) is 49.4 Å². The Kier molecular flexibility index (Phi) is 4.26. The summed E-state index contributed by atoms with van der Waals surface area (Å²) in [6, 6.07) is 7.60. The molecule has 0 N–H and O–H groups in total. The number of hydrogen-bond donors (Lipinski definition) is 0. The number of aliphatic imine (C=N–C) groups is 1. The Balaban J connectivity index is 1.72. The zero-order valence-corrected chi connectivity index (χ0v) is 12.6. The lowest BCUT2D eigenvalue weighted by Gasteiger charge is -2.27. The number of ether oxygens (including phenoxy) is 2. The molecule has 1 amide bonds. The molecule has 2 aliphatic rings. The van der Waals surface area contributed by atoms with Crippen molar-refractivity contribution >= 4 is 28.9 Å². The van der Waals surface area contributed by atoms with Gasteiger partial charge in [0.05, 0.1) is 25.2 Å². The molecule has 6 heteroatoms. The summed E-state index contributed by atoms with van der Waals surface area (Å²) in [5, 5.41) is 0.781. The molecule has 0 radical (unpaired) electrons.